The first-order valence-corrected chi connectivity index (χ1v) is 11.2. The Morgan fingerprint density at radius 1 is 1.17 bits per heavy atom. The Hall–Kier alpha value is -3.56. The second kappa shape index (κ2) is 8.58. The van der Waals surface area contributed by atoms with Crippen LogP contribution in [0.2, 0.25) is 0 Å². The fraction of sp³-hybridized carbons (Fsp3) is 0.360. The summed E-state index contributed by atoms with van der Waals surface area (Å²) in [7, 11) is 0. The highest BCUT2D eigenvalue weighted by atomic mass is 19.4. The van der Waals surface area contributed by atoms with Crippen molar-refractivity contribution in [3.8, 4) is 17.3 Å². The predicted molar refractivity (Wildman–Crippen MR) is 118 cm³/mol. The molecule has 10 heteroatoms. The van der Waals surface area contributed by atoms with E-state index in [1.165, 1.54) is 24.4 Å². The van der Waals surface area contributed by atoms with Crippen LogP contribution in [0.25, 0.3) is 11.4 Å². The van der Waals surface area contributed by atoms with Crippen LogP contribution in [0.1, 0.15) is 40.9 Å². The van der Waals surface area contributed by atoms with Crippen molar-refractivity contribution < 1.29 is 27.1 Å². The first-order chi connectivity index (χ1) is 16.7. The molecule has 1 aliphatic carbocycles. The molecule has 2 bridgehead atoms. The number of likely N-dealkylation sites (tertiary alicyclic amines) is 1. The van der Waals surface area contributed by atoms with E-state index < -0.39 is 23.1 Å². The van der Waals surface area contributed by atoms with Gasteiger partial charge < -0.3 is 9.64 Å². The summed E-state index contributed by atoms with van der Waals surface area (Å²) in [6.07, 6.45) is 0.0169. The number of aromatic nitrogens is 3. The number of alkyl halides is 3. The van der Waals surface area contributed by atoms with Gasteiger partial charge >= 0.3 is 6.18 Å². The van der Waals surface area contributed by atoms with E-state index in [1.807, 2.05) is 0 Å². The third-order valence-corrected chi connectivity index (χ3v) is 6.75. The molecule has 1 saturated heterocycles. The minimum absolute atomic E-state index is 0.00293. The molecular weight excluding hydrogens is 464 g/mol. The van der Waals surface area contributed by atoms with Crippen LogP contribution >= 0.6 is 0 Å². The van der Waals surface area contributed by atoms with Crippen LogP contribution in [-0.4, -0.2) is 44.4 Å². The Kier molecular flexibility index (Phi) is 5.69. The molecule has 2 atom stereocenters. The first kappa shape index (κ1) is 23.2. The van der Waals surface area contributed by atoms with Gasteiger partial charge in [0.15, 0.2) is 5.82 Å². The van der Waals surface area contributed by atoms with Gasteiger partial charge in [-0.3, -0.25) is 14.8 Å². The molecule has 2 fully saturated rings. The zero-order chi connectivity index (χ0) is 24.8. The molecule has 2 unspecified atom stereocenters. The van der Waals surface area contributed by atoms with Crippen LogP contribution in [0.3, 0.4) is 0 Å². The number of hydrogen-bond acceptors (Lipinski definition) is 5. The van der Waals surface area contributed by atoms with Crippen molar-refractivity contribution in [2.45, 2.75) is 37.9 Å². The SMILES string of the molecule is Cc1ccc(C(=O)N2CC3CCC2(COc2ccc(C(F)(F)F)cn2)C3)c(-c2ncccc2F)n1. The van der Waals surface area contributed by atoms with Gasteiger partial charge in [-0.15, -0.1) is 0 Å². The number of hydrogen-bond donors (Lipinski definition) is 0. The lowest BCUT2D eigenvalue weighted by Crippen LogP contribution is -2.52. The van der Waals surface area contributed by atoms with E-state index in [4.69, 9.17) is 4.74 Å². The van der Waals surface area contributed by atoms with Crippen LogP contribution in [-0.2, 0) is 6.18 Å². The fourth-order valence-electron chi connectivity index (χ4n) is 5.03. The summed E-state index contributed by atoms with van der Waals surface area (Å²) in [5.41, 5.74) is -0.442. The van der Waals surface area contributed by atoms with Gasteiger partial charge in [-0.2, -0.15) is 13.2 Å². The summed E-state index contributed by atoms with van der Waals surface area (Å²) < 4.78 is 58.8. The number of fused-ring (bicyclic) bond motifs is 2. The van der Waals surface area contributed by atoms with E-state index in [1.54, 1.807) is 24.0 Å². The Bertz CT molecular complexity index is 1270. The van der Waals surface area contributed by atoms with Crippen molar-refractivity contribution >= 4 is 5.91 Å². The van der Waals surface area contributed by atoms with Gasteiger partial charge in [0, 0.05) is 30.7 Å². The highest BCUT2D eigenvalue weighted by Crippen LogP contribution is 2.47. The topological polar surface area (TPSA) is 68.2 Å². The molecule has 2 aliphatic rings. The second-order valence-electron chi connectivity index (χ2n) is 9.10. The molecule has 5 rings (SSSR count). The number of aryl methyl sites for hydroxylation is 1. The molecule has 3 aromatic rings. The van der Waals surface area contributed by atoms with Crippen molar-refractivity contribution in [1.29, 1.82) is 0 Å². The highest BCUT2D eigenvalue weighted by molar-refractivity contribution is 6.00. The molecule has 4 heterocycles. The molecular formula is C25H22F4N4O2. The third-order valence-electron chi connectivity index (χ3n) is 6.75. The second-order valence-corrected chi connectivity index (χ2v) is 9.10. The van der Waals surface area contributed by atoms with Crippen molar-refractivity contribution in [2.75, 3.05) is 13.2 Å². The highest BCUT2D eigenvalue weighted by Gasteiger charge is 2.53. The van der Waals surface area contributed by atoms with Crippen LogP contribution in [0, 0.1) is 18.7 Å². The summed E-state index contributed by atoms with van der Waals surface area (Å²) in [5.74, 6) is -0.530. The maximum absolute atomic E-state index is 14.5. The lowest BCUT2D eigenvalue weighted by atomic mass is 9.96. The number of rotatable bonds is 5. The number of piperidine rings is 1. The van der Waals surface area contributed by atoms with Gasteiger partial charge in [-0.05, 0) is 62.4 Å². The average Bonchev–Trinajstić information content (AvgIpc) is 3.41. The van der Waals surface area contributed by atoms with Crippen molar-refractivity contribution in [3.63, 3.8) is 0 Å². The van der Waals surface area contributed by atoms with Gasteiger partial charge in [-0.1, -0.05) is 0 Å². The summed E-state index contributed by atoms with van der Waals surface area (Å²) in [4.78, 5) is 27.8. The molecule has 0 aromatic carbocycles. The summed E-state index contributed by atoms with van der Waals surface area (Å²) in [5, 5.41) is 0. The van der Waals surface area contributed by atoms with Gasteiger partial charge in [0.2, 0.25) is 5.88 Å². The van der Waals surface area contributed by atoms with E-state index >= 15 is 0 Å². The largest absolute Gasteiger partial charge is 0.475 e. The third kappa shape index (κ3) is 4.33. The number of nitrogens with zero attached hydrogens (tertiary/aromatic N) is 4. The summed E-state index contributed by atoms with van der Waals surface area (Å²) in [6, 6.07) is 8.16. The van der Waals surface area contributed by atoms with E-state index in [-0.39, 0.29) is 41.3 Å². The minimum Gasteiger partial charge on any atom is -0.475 e. The zero-order valence-electron chi connectivity index (χ0n) is 18.8. The maximum atomic E-state index is 14.5. The number of carbonyl (C=O) groups excluding carboxylic acids is 1. The summed E-state index contributed by atoms with van der Waals surface area (Å²) >= 11 is 0. The quantitative estimate of drug-likeness (QED) is 0.471. The standard InChI is InChI=1S/C25H22F4N4O2/c1-15-4-6-18(21(32-15)22-19(26)3-2-10-30-22)23(34)33-13-16-8-9-24(33,11-16)14-35-20-7-5-17(12-31-20)25(27,28)29/h2-7,10,12,16H,8-9,11,13-14H2,1H3. The van der Waals surface area contributed by atoms with E-state index in [0.29, 0.717) is 25.1 Å². The molecule has 1 saturated carbocycles. The van der Waals surface area contributed by atoms with Crippen LogP contribution < -0.4 is 4.74 Å². The van der Waals surface area contributed by atoms with Crippen molar-refractivity contribution in [1.82, 2.24) is 19.9 Å². The predicted octanol–water partition coefficient (Wildman–Crippen LogP) is 5.08. The Labute approximate surface area is 199 Å². The Morgan fingerprint density at radius 2 is 2.00 bits per heavy atom. The number of carbonyl (C=O) groups is 1. The van der Waals surface area contributed by atoms with Gasteiger partial charge in [0.25, 0.3) is 5.91 Å². The van der Waals surface area contributed by atoms with Crippen LogP contribution in [0.4, 0.5) is 17.6 Å². The number of halogens is 4. The van der Waals surface area contributed by atoms with Gasteiger partial charge in [0.1, 0.15) is 18.0 Å². The molecule has 0 radical (unpaired) electrons. The molecule has 1 amide bonds. The van der Waals surface area contributed by atoms with Gasteiger partial charge in [-0.25, -0.2) is 9.37 Å². The van der Waals surface area contributed by atoms with Gasteiger partial charge in [0.05, 0.1) is 16.7 Å². The smallest absolute Gasteiger partial charge is 0.417 e. The first-order valence-electron chi connectivity index (χ1n) is 11.2. The molecule has 3 aromatic heterocycles. The lowest BCUT2D eigenvalue weighted by molar-refractivity contribution is -0.137. The molecule has 35 heavy (non-hydrogen) atoms. The van der Waals surface area contributed by atoms with Crippen LogP contribution in [0.5, 0.6) is 5.88 Å². The zero-order valence-corrected chi connectivity index (χ0v) is 18.8. The molecule has 0 spiro atoms. The van der Waals surface area contributed by atoms with E-state index in [2.05, 4.69) is 15.0 Å². The Balaban J connectivity index is 1.41. The van der Waals surface area contributed by atoms with Crippen molar-refractivity contribution in [2.24, 2.45) is 5.92 Å². The Morgan fingerprint density at radius 3 is 2.69 bits per heavy atom. The maximum Gasteiger partial charge on any atom is 0.417 e. The van der Waals surface area contributed by atoms with E-state index in [9.17, 15) is 22.4 Å². The van der Waals surface area contributed by atoms with Crippen molar-refractivity contribution in [3.05, 3.63) is 71.4 Å². The molecule has 182 valence electrons. The summed E-state index contributed by atoms with van der Waals surface area (Å²) in [6.45, 7) is 2.36. The normalized spacial score (nSPS) is 21.4. The number of pyridine rings is 3. The number of amides is 1. The number of ether oxygens (including phenoxy) is 1. The molecule has 0 N–H and O–H groups in total. The monoisotopic (exact) mass is 486 g/mol. The fourth-order valence-corrected chi connectivity index (χ4v) is 5.03. The minimum atomic E-state index is -4.48. The lowest BCUT2D eigenvalue weighted by Gasteiger charge is -2.38. The molecule has 6 nitrogen and oxygen atoms in total. The average molecular weight is 486 g/mol. The van der Waals surface area contributed by atoms with E-state index in [0.717, 1.165) is 18.7 Å². The molecule has 1 aliphatic heterocycles. The van der Waals surface area contributed by atoms with Crippen LogP contribution in [0.15, 0.2) is 48.8 Å².